The number of likely N-dealkylation sites (tertiary alicyclic amines) is 1. The van der Waals surface area contributed by atoms with Crippen LogP contribution >= 0.6 is 0 Å². The van der Waals surface area contributed by atoms with E-state index in [9.17, 15) is 4.79 Å². The van der Waals surface area contributed by atoms with Crippen molar-refractivity contribution in [3.8, 4) is 0 Å². The summed E-state index contributed by atoms with van der Waals surface area (Å²) < 4.78 is 0. The first-order chi connectivity index (χ1) is 11.1. The maximum atomic E-state index is 11.7. The molecule has 2 heterocycles. The molecule has 1 aliphatic carbocycles. The smallest absolute Gasteiger partial charge is 0.250 e. The summed E-state index contributed by atoms with van der Waals surface area (Å²) in [6.07, 6.45) is 6.06. The summed E-state index contributed by atoms with van der Waals surface area (Å²) in [6.45, 7) is 4.52. The average molecular weight is 312 g/mol. The third kappa shape index (κ3) is 2.17. The van der Waals surface area contributed by atoms with Gasteiger partial charge < -0.3 is 10.7 Å². The Hall–Kier alpha value is -1.88. The lowest BCUT2D eigenvalue weighted by Crippen LogP contribution is -2.42. The van der Waals surface area contributed by atoms with E-state index in [1.807, 2.05) is 12.1 Å². The standard InChI is InChI=1S/C18H24N4O/c1-2-9-22-11-12-5-4-8-18(22,10-12)17-20-14-7-3-6-13(16(19)23)15(14)21-17/h3,6-7,12H,2,4-5,8-11H2,1H3,(H2,19,23)(H,20,21)/t12-,18-/m0/s1. The molecule has 1 amide bonds. The fourth-order valence-corrected chi connectivity index (χ4v) is 4.69. The van der Waals surface area contributed by atoms with E-state index in [0.29, 0.717) is 5.56 Å². The van der Waals surface area contributed by atoms with Crippen molar-refractivity contribution in [1.29, 1.82) is 0 Å². The molecule has 1 saturated carbocycles. The normalized spacial score (nSPS) is 27.6. The van der Waals surface area contributed by atoms with Crippen LogP contribution in [0.5, 0.6) is 0 Å². The maximum absolute atomic E-state index is 11.7. The van der Waals surface area contributed by atoms with Gasteiger partial charge in [-0.1, -0.05) is 19.4 Å². The second-order valence-corrected chi connectivity index (χ2v) is 7.09. The summed E-state index contributed by atoms with van der Waals surface area (Å²) in [5, 5.41) is 0. The van der Waals surface area contributed by atoms with Gasteiger partial charge in [0.2, 0.25) is 0 Å². The Kier molecular flexibility index (Phi) is 3.41. The number of carbonyl (C=O) groups excluding carboxylic acids is 1. The molecular formula is C18H24N4O. The van der Waals surface area contributed by atoms with Gasteiger partial charge in [-0.3, -0.25) is 9.69 Å². The molecule has 2 fully saturated rings. The highest BCUT2D eigenvalue weighted by Crippen LogP contribution is 2.49. The molecule has 1 saturated heterocycles. The molecule has 5 heteroatoms. The summed E-state index contributed by atoms with van der Waals surface area (Å²) in [5.74, 6) is 1.39. The van der Waals surface area contributed by atoms with Gasteiger partial charge in [-0.05, 0) is 50.3 Å². The maximum Gasteiger partial charge on any atom is 0.250 e. The number of amides is 1. The van der Waals surface area contributed by atoms with Crippen LogP contribution in [-0.4, -0.2) is 33.9 Å². The number of hydrogen-bond acceptors (Lipinski definition) is 3. The van der Waals surface area contributed by atoms with Crippen molar-refractivity contribution in [3.05, 3.63) is 29.6 Å². The fraction of sp³-hybridized carbons (Fsp3) is 0.556. The first-order valence-corrected chi connectivity index (χ1v) is 8.68. The van der Waals surface area contributed by atoms with Crippen LogP contribution in [0.15, 0.2) is 18.2 Å². The highest BCUT2D eigenvalue weighted by Gasteiger charge is 2.50. The minimum absolute atomic E-state index is 0.0207. The van der Waals surface area contributed by atoms with Crippen molar-refractivity contribution in [1.82, 2.24) is 14.9 Å². The minimum atomic E-state index is -0.412. The van der Waals surface area contributed by atoms with Crippen LogP contribution in [0.4, 0.5) is 0 Å². The molecule has 3 N–H and O–H groups in total. The molecule has 5 nitrogen and oxygen atoms in total. The van der Waals surface area contributed by atoms with Crippen LogP contribution in [0.2, 0.25) is 0 Å². The highest BCUT2D eigenvalue weighted by molar-refractivity contribution is 6.04. The Balaban J connectivity index is 1.84. The number of fused-ring (bicyclic) bond motifs is 3. The zero-order valence-corrected chi connectivity index (χ0v) is 13.6. The van der Waals surface area contributed by atoms with E-state index in [1.165, 1.54) is 25.8 Å². The van der Waals surface area contributed by atoms with E-state index in [4.69, 9.17) is 10.7 Å². The van der Waals surface area contributed by atoms with Gasteiger partial charge in [0, 0.05) is 6.54 Å². The fourth-order valence-electron chi connectivity index (χ4n) is 4.69. The van der Waals surface area contributed by atoms with Crippen LogP contribution in [0.1, 0.15) is 55.2 Å². The van der Waals surface area contributed by atoms with E-state index in [-0.39, 0.29) is 5.54 Å². The van der Waals surface area contributed by atoms with Crippen LogP contribution in [0, 0.1) is 5.92 Å². The molecule has 0 radical (unpaired) electrons. The first kappa shape index (κ1) is 14.7. The SMILES string of the molecule is CCCN1C[C@H]2CCC[C@@]1(c1nc3c(C(N)=O)cccc3[nH]1)C2. The molecule has 2 aromatic rings. The number of aromatic nitrogens is 2. The molecule has 122 valence electrons. The molecule has 2 atom stereocenters. The van der Waals surface area contributed by atoms with E-state index < -0.39 is 5.91 Å². The number of nitrogens with one attached hydrogen (secondary N) is 1. The van der Waals surface area contributed by atoms with Crippen LogP contribution in [0.25, 0.3) is 11.0 Å². The number of H-pyrrole nitrogens is 1. The number of para-hydroxylation sites is 1. The Morgan fingerprint density at radius 1 is 1.52 bits per heavy atom. The van der Waals surface area contributed by atoms with Crippen molar-refractivity contribution in [3.63, 3.8) is 0 Å². The van der Waals surface area contributed by atoms with Crippen molar-refractivity contribution in [2.24, 2.45) is 11.7 Å². The predicted molar refractivity (Wildman–Crippen MR) is 90.1 cm³/mol. The zero-order valence-electron chi connectivity index (χ0n) is 13.6. The second kappa shape index (κ2) is 5.34. The third-order valence-electron chi connectivity index (χ3n) is 5.63. The number of carbonyl (C=O) groups is 1. The van der Waals surface area contributed by atoms with E-state index >= 15 is 0 Å². The van der Waals surface area contributed by atoms with E-state index in [0.717, 1.165) is 42.2 Å². The summed E-state index contributed by atoms with van der Waals surface area (Å²) >= 11 is 0. The molecule has 0 unspecified atom stereocenters. The Morgan fingerprint density at radius 2 is 2.39 bits per heavy atom. The molecule has 1 aromatic heterocycles. The highest BCUT2D eigenvalue weighted by atomic mass is 16.1. The lowest BCUT2D eigenvalue weighted by molar-refractivity contribution is 0.100. The van der Waals surface area contributed by atoms with Gasteiger partial charge in [0.1, 0.15) is 11.3 Å². The number of benzene rings is 1. The van der Waals surface area contributed by atoms with Crippen molar-refractivity contribution >= 4 is 16.9 Å². The van der Waals surface area contributed by atoms with E-state index in [1.54, 1.807) is 6.07 Å². The van der Waals surface area contributed by atoms with Gasteiger partial charge in [0.15, 0.2) is 0 Å². The molecule has 2 bridgehead atoms. The number of nitrogens with two attached hydrogens (primary N) is 1. The van der Waals surface area contributed by atoms with Crippen molar-refractivity contribution in [2.45, 2.75) is 44.6 Å². The van der Waals surface area contributed by atoms with Gasteiger partial charge in [0.25, 0.3) is 5.91 Å². The topological polar surface area (TPSA) is 75.0 Å². The molecule has 4 rings (SSSR count). The Bertz CT molecular complexity index is 753. The second-order valence-electron chi connectivity index (χ2n) is 7.09. The number of nitrogens with zero attached hydrogens (tertiary/aromatic N) is 2. The number of hydrogen-bond donors (Lipinski definition) is 2. The van der Waals surface area contributed by atoms with Crippen LogP contribution in [0.3, 0.4) is 0 Å². The Morgan fingerprint density at radius 3 is 3.17 bits per heavy atom. The molecule has 0 spiro atoms. The number of imidazole rings is 1. The van der Waals surface area contributed by atoms with Gasteiger partial charge in [-0.2, -0.15) is 0 Å². The monoisotopic (exact) mass is 312 g/mol. The van der Waals surface area contributed by atoms with Crippen molar-refractivity contribution < 1.29 is 4.79 Å². The summed E-state index contributed by atoms with van der Waals surface area (Å²) in [5.41, 5.74) is 7.67. The lowest BCUT2D eigenvalue weighted by Gasteiger charge is -2.38. The third-order valence-corrected chi connectivity index (χ3v) is 5.63. The largest absolute Gasteiger partial charge is 0.366 e. The summed E-state index contributed by atoms with van der Waals surface area (Å²) in [4.78, 5) is 22.7. The van der Waals surface area contributed by atoms with Gasteiger partial charge in [0.05, 0.1) is 16.6 Å². The predicted octanol–water partition coefficient (Wildman–Crippen LogP) is 2.77. The molecule has 2 aliphatic rings. The molecule has 1 aliphatic heterocycles. The molecule has 23 heavy (non-hydrogen) atoms. The minimum Gasteiger partial charge on any atom is -0.366 e. The van der Waals surface area contributed by atoms with Gasteiger partial charge >= 0.3 is 0 Å². The van der Waals surface area contributed by atoms with Crippen LogP contribution in [-0.2, 0) is 5.54 Å². The molecule has 1 aromatic carbocycles. The number of primary amides is 1. The summed E-state index contributed by atoms with van der Waals surface area (Å²) in [7, 11) is 0. The number of rotatable bonds is 4. The summed E-state index contributed by atoms with van der Waals surface area (Å²) in [6, 6.07) is 5.60. The number of aromatic amines is 1. The van der Waals surface area contributed by atoms with Crippen molar-refractivity contribution in [2.75, 3.05) is 13.1 Å². The zero-order chi connectivity index (χ0) is 16.0. The molecular weight excluding hydrogens is 288 g/mol. The first-order valence-electron chi connectivity index (χ1n) is 8.68. The Labute approximate surface area is 136 Å². The van der Waals surface area contributed by atoms with Gasteiger partial charge in [-0.25, -0.2) is 4.98 Å². The van der Waals surface area contributed by atoms with E-state index in [2.05, 4.69) is 16.8 Å². The van der Waals surface area contributed by atoms with Gasteiger partial charge in [-0.15, -0.1) is 0 Å². The lowest BCUT2D eigenvalue weighted by atomic mass is 9.79. The van der Waals surface area contributed by atoms with Crippen LogP contribution < -0.4 is 5.73 Å². The average Bonchev–Trinajstić information content (AvgIpc) is 3.08. The quantitative estimate of drug-likeness (QED) is 0.911.